The molecule has 6 nitrogen and oxygen atoms in total. The number of carbonyl (C=O) groups excluding carboxylic acids is 1. The van der Waals surface area contributed by atoms with E-state index in [0.29, 0.717) is 49.8 Å². The summed E-state index contributed by atoms with van der Waals surface area (Å²) in [5, 5.41) is 9.55. The van der Waals surface area contributed by atoms with Crippen molar-refractivity contribution < 1.29 is 13.9 Å². The SMILES string of the molecule is CCNC(=NCCC(=O)NC1CCCC1)NC(C)c1ccc(OCC2CC2)c(F)c1. The average molecular weight is 419 g/mol. The molecule has 2 fully saturated rings. The Morgan fingerprint density at radius 1 is 1.27 bits per heavy atom. The Bertz CT molecular complexity index is 730. The van der Waals surface area contributed by atoms with Crippen molar-refractivity contribution in [2.75, 3.05) is 19.7 Å². The molecule has 1 aromatic carbocycles. The van der Waals surface area contributed by atoms with Gasteiger partial charge in [-0.2, -0.15) is 0 Å². The zero-order valence-corrected chi connectivity index (χ0v) is 18.2. The third-order valence-corrected chi connectivity index (χ3v) is 5.65. The van der Waals surface area contributed by atoms with Crippen LogP contribution < -0.4 is 20.7 Å². The first kappa shape index (κ1) is 22.4. The molecule has 1 unspecified atom stereocenters. The van der Waals surface area contributed by atoms with Crippen LogP contribution in [0.5, 0.6) is 5.75 Å². The van der Waals surface area contributed by atoms with E-state index in [4.69, 9.17) is 4.74 Å². The normalized spacial score (nSPS) is 18.2. The highest BCUT2D eigenvalue weighted by Crippen LogP contribution is 2.30. The second kappa shape index (κ2) is 11.2. The molecule has 2 aliphatic rings. The van der Waals surface area contributed by atoms with Crippen LogP contribution in [0.1, 0.15) is 70.4 Å². The fraction of sp³-hybridized carbons (Fsp3) is 0.652. The summed E-state index contributed by atoms with van der Waals surface area (Å²) >= 11 is 0. The molecule has 3 N–H and O–H groups in total. The zero-order valence-electron chi connectivity index (χ0n) is 18.2. The Balaban J connectivity index is 1.49. The number of carbonyl (C=O) groups is 1. The lowest BCUT2D eigenvalue weighted by atomic mass is 10.1. The van der Waals surface area contributed by atoms with Gasteiger partial charge in [-0.15, -0.1) is 0 Å². The lowest BCUT2D eigenvalue weighted by Gasteiger charge is -2.19. The van der Waals surface area contributed by atoms with Crippen molar-refractivity contribution in [3.8, 4) is 5.75 Å². The zero-order chi connectivity index (χ0) is 21.3. The highest BCUT2D eigenvalue weighted by atomic mass is 19.1. The second-order valence-electron chi connectivity index (χ2n) is 8.37. The lowest BCUT2D eigenvalue weighted by Crippen LogP contribution is -2.39. The van der Waals surface area contributed by atoms with Crippen molar-refractivity contribution in [2.24, 2.45) is 10.9 Å². The van der Waals surface area contributed by atoms with Crippen LogP contribution in [-0.4, -0.2) is 37.6 Å². The van der Waals surface area contributed by atoms with Gasteiger partial charge in [-0.3, -0.25) is 9.79 Å². The number of aliphatic imine (C=N–C) groups is 1. The van der Waals surface area contributed by atoms with Crippen molar-refractivity contribution in [3.05, 3.63) is 29.6 Å². The fourth-order valence-electron chi connectivity index (χ4n) is 3.64. The fourth-order valence-corrected chi connectivity index (χ4v) is 3.64. The van der Waals surface area contributed by atoms with Crippen LogP contribution in [0.4, 0.5) is 4.39 Å². The molecule has 1 atom stereocenters. The van der Waals surface area contributed by atoms with Crippen LogP contribution >= 0.6 is 0 Å². The first-order valence-electron chi connectivity index (χ1n) is 11.3. The molecule has 7 heteroatoms. The Labute approximate surface area is 179 Å². The van der Waals surface area contributed by atoms with E-state index in [1.807, 2.05) is 19.9 Å². The van der Waals surface area contributed by atoms with Gasteiger partial charge in [-0.25, -0.2) is 4.39 Å². The van der Waals surface area contributed by atoms with E-state index in [1.54, 1.807) is 6.07 Å². The summed E-state index contributed by atoms with van der Waals surface area (Å²) in [6, 6.07) is 5.28. The number of nitrogens with one attached hydrogen (secondary N) is 3. The van der Waals surface area contributed by atoms with Crippen molar-refractivity contribution in [1.82, 2.24) is 16.0 Å². The Morgan fingerprint density at radius 3 is 2.70 bits per heavy atom. The number of benzene rings is 1. The van der Waals surface area contributed by atoms with Crippen LogP contribution in [0.2, 0.25) is 0 Å². The minimum absolute atomic E-state index is 0.0541. The Morgan fingerprint density at radius 2 is 2.03 bits per heavy atom. The molecule has 3 rings (SSSR count). The van der Waals surface area contributed by atoms with E-state index in [9.17, 15) is 9.18 Å². The Hall–Kier alpha value is -2.31. The summed E-state index contributed by atoms with van der Waals surface area (Å²) in [7, 11) is 0. The van der Waals surface area contributed by atoms with E-state index >= 15 is 0 Å². The van der Waals surface area contributed by atoms with E-state index in [1.165, 1.54) is 31.7 Å². The van der Waals surface area contributed by atoms with Gasteiger partial charge in [-0.05, 0) is 63.1 Å². The molecule has 30 heavy (non-hydrogen) atoms. The summed E-state index contributed by atoms with van der Waals surface area (Å²) in [4.78, 5) is 16.6. The maximum absolute atomic E-state index is 14.4. The minimum atomic E-state index is -0.340. The summed E-state index contributed by atoms with van der Waals surface area (Å²) in [6.07, 6.45) is 7.27. The van der Waals surface area contributed by atoms with E-state index in [0.717, 1.165) is 18.4 Å². The summed E-state index contributed by atoms with van der Waals surface area (Å²) < 4.78 is 20.0. The molecule has 0 saturated heterocycles. The van der Waals surface area contributed by atoms with Gasteiger partial charge in [0.2, 0.25) is 5.91 Å². The number of ether oxygens (including phenoxy) is 1. The average Bonchev–Trinajstić information content (AvgIpc) is 3.41. The molecule has 2 saturated carbocycles. The van der Waals surface area contributed by atoms with Gasteiger partial charge < -0.3 is 20.7 Å². The number of nitrogens with zero attached hydrogens (tertiary/aromatic N) is 1. The highest BCUT2D eigenvalue weighted by molar-refractivity contribution is 5.81. The molecule has 1 amide bonds. The number of hydrogen-bond donors (Lipinski definition) is 3. The Kier molecular flexibility index (Phi) is 8.34. The first-order chi connectivity index (χ1) is 14.5. The minimum Gasteiger partial charge on any atom is -0.490 e. The molecule has 0 aliphatic heterocycles. The summed E-state index contributed by atoms with van der Waals surface area (Å²) in [5.41, 5.74) is 0.816. The molecule has 0 bridgehead atoms. The van der Waals surface area contributed by atoms with Gasteiger partial charge in [0.25, 0.3) is 0 Å². The maximum Gasteiger partial charge on any atom is 0.222 e. The smallest absolute Gasteiger partial charge is 0.222 e. The molecule has 0 aromatic heterocycles. The third kappa shape index (κ3) is 7.18. The molecule has 1 aromatic rings. The number of halogens is 1. The van der Waals surface area contributed by atoms with Crippen molar-refractivity contribution in [3.63, 3.8) is 0 Å². The van der Waals surface area contributed by atoms with E-state index in [-0.39, 0.29) is 17.8 Å². The number of rotatable bonds is 10. The number of guanidine groups is 1. The monoisotopic (exact) mass is 418 g/mol. The highest BCUT2D eigenvalue weighted by Gasteiger charge is 2.22. The maximum atomic E-state index is 14.4. The molecule has 166 valence electrons. The van der Waals surface area contributed by atoms with Gasteiger partial charge >= 0.3 is 0 Å². The quantitative estimate of drug-likeness (QED) is 0.400. The largest absolute Gasteiger partial charge is 0.490 e. The molecule has 0 radical (unpaired) electrons. The second-order valence-corrected chi connectivity index (χ2v) is 8.37. The van der Waals surface area contributed by atoms with Crippen LogP contribution in [-0.2, 0) is 4.79 Å². The van der Waals surface area contributed by atoms with Crippen molar-refractivity contribution in [2.45, 2.75) is 70.9 Å². The van der Waals surface area contributed by atoms with Crippen molar-refractivity contribution in [1.29, 1.82) is 0 Å². The molecular weight excluding hydrogens is 383 g/mol. The van der Waals surface area contributed by atoms with E-state index in [2.05, 4.69) is 20.9 Å². The molecule has 0 heterocycles. The number of amides is 1. The van der Waals surface area contributed by atoms with E-state index < -0.39 is 0 Å². The number of hydrogen-bond acceptors (Lipinski definition) is 3. The molecule has 0 spiro atoms. The van der Waals surface area contributed by atoms with Crippen molar-refractivity contribution >= 4 is 11.9 Å². The topological polar surface area (TPSA) is 74.8 Å². The van der Waals surface area contributed by atoms with Crippen LogP contribution in [0, 0.1) is 11.7 Å². The molecule has 2 aliphatic carbocycles. The van der Waals surface area contributed by atoms with Gasteiger partial charge in [0.15, 0.2) is 17.5 Å². The van der Waals surface area contributed by atoms with Crippen LogP contribution in [0.15, 0.2) is 23.2 Å². The standard InChI is InChI=1S/C23H35FN4O2/c1-3-25-23(26-13-12-22(29)28-19-6-4-5-7-19)27-16(2)18-10-11-21(20(24)14-18)30-15-17-8-9-17/h10-11,14,16-17,19H,3-9,12-13,15H2,1-2H3,(H,28,29)(H2,25,26,27). The first-order valence-corrected chi connectivity index (χ1v) is 11.3. The van der Waals surface area contributed by atoms with Gasteiger partial charge in [0, 0.05) is 19.0 Å². The van der Waals surface area contributed by atoms with Crippen LogP contribution in [0.25, 0.3) is 0 Å². The predicted molar refractivity (Wildman–Crippen MR) is 117 cm³/mol. The third-order valence-electron chi connectivity index (χ3n) is 5.65. The summed E-state index contributed by atoms with van der Waals surface area (Å²) in [5.74, 6) is 1.23. The van der Waals surface area contributed by atoms with Gasteiger partial charge in [0.1, 0.15) is 0 Å². The predicted octanol–water partition coefficient (Wildman–Crippen LogP) is 3.68. The van der Waals surface area contributed by atoms with Gasteiger partial charge in [0.05, 0.1) is 19.2 Å². The lowest BCUT2D eigenvalue weighted by molar-refractivity contribution is -0.121. The molecular formula is C23H35FN4O2. The van der Waals surface area contributed by atoms with Crippen LogP contribution in [0.3, 0.4) is 0 Å². The summed E-state index contributed by atoms with van der Waals surface area (Å²) in [6.45, 7) is 5.65. The van der Waals surface area contributed by atoms with Gasteiger partial charge in [-0.1, -0.05) is 18.9 Å².